The maximum absolute atomic E-state index is 12.4. The zero-order valence-electron chi connectivity index (χ0n) is 6.60. The smallest absolute Gasteiger partial charge is 0.268 e. The van der Waals surface area contributed by atoms with Gasteiger partial charge in [0.15, 0.2) is 0 Å². The largest absolute Gasteiger partial charge is 0.364 e. The maximum Gasteiger partial charge on any atom is 0.268 e. The maximum atomic E-state index is 12.4. The first-order chi connectivity index (χ1) is 6.43. The van der Waals surface area contributed by atoms with Crippen molar-refractivity contribution in [3.8, 4) is 0 Å². The lowest BCUT2D eigenvalue weighted by Crippen LogP contribution is -2.15. The summed E-state index contributed by atoms with van der Waals surface area (Å²) in [6, 6.07) is 1.18. The molecule has 0 spiro atoms. The third kappa shape index (κ3) is 2.38. The SMILES string of the molecule is NC(=O)c1nc(Br)c(C(F)F)cc1I. The Morgan fingerprint density at radius 1 is 1.64 bits per heavy atom. The predicted molar refractivity (Wildman–Crippen MR) is 58.1 cm³/mol. The van der Waals surface area contributed by atoms with E-state index in [4.69, 9.17) is 5.73 Å². The summed E-state index contributed by atoms with van der Waals surface area (Å²) < 4.78 is 25.0. The van der Waals surface area contributed by atoms with E-state index in [0.29, 0.717) is 3.57 Å². The van der Waals surface area contributed by atoms with Gasteiger partial charge in [-0.1, -0.05) is 0 Å². The molecule has 76 valence electrons. The molecule has 0 atom stereocenters. The number of carbonyl (C=O) groups excluding carboxylic acids is 1. The van der Waals surface area contributed by atoms with Crippen LogP contribution >= 0.6 is 38.5 Å². The van der Waals surface area contributed by atoms with Crippen LogP contribution in [0.25, 0.3) is 0 Å². The number of alkyl halides is 2. The van der Waals surface area contributed by atoms with Gasteiger partial charge in [-0.2, -0.15) is 0 Å². The first-order valence-corrected chi connectivity index (χ1v) is 5.24. The molecule has 0 fully saturated rings. The highest BCUT2D eigenvalue weighted by atomic mass is 127. The van der Waals surface area contributed by atoms with E-state index >= 15 is 0 Å². The molecule has 0 aliphatic carbocycles. The van der Waals surface area contributed by atoms with Crippen molar-refractivity contribution in [2.75, 3.05) is 0 Å². The fraction of sp³-hybridized carbons (Fsp3) is 0.143. The summed E-state index contributed by atoms with van der Waals surface area (Å²) >= 11 is 4.58. The minimum absolute atomic E-state index is 0.0122. The van der Waals surface area contributed by atoms with Crippen LogP contribution in [-0.2, 0) is 0 Å². The number of nitrogens with two attached hydrogens (primary N) is 1. The molecule has 7 heteroatoms. The van der Waals surface area contributed by atoms with Crippen LogP contribution < -0.4 is 5.73 Å². The van der Waals surface area contributed by atoms with E-state index < -0.39 is 12.3 Å². The molecule has 1 rings (SSSR count). The number of aromatic nitrogens is 1. The molecule has 0 saturated carbocycles. The quantitative estimate of drug-likeness (QED) is 0.636. The van der Waals surface area contributed by atoms with E-state index in [1.807, 2.05) is 0 Å². The molecule has 1 aromatic rings. The molecular weight excluding hydrogens is 373 g/mol. The molecular formula is C7H4BrF2IN2O. The van der Waals surface area contributed by atoms with Gasteiger partial charge >= 0.3 is 0 Å². The Balaban J connectivity index is 3.31. The van der Waals surface area contributed by atoms with Crippen molar-refractivity contribution in [1.82, 2.24) is 4.98 Å². The average molecular weight is 377 g/mol. The second kappa shape index (κ2) is 4.47. The van der Waals surface area contributed by atoms with Crippen LogP contribution in [-0.4, -0.2) is 10.9 Å². The van der Waals surface area contributed by atoms with Gasteiger partial charge in [-0.25, -0.2) is 13.8 Å². The number of pyridine rings is 1. The van der Waals surface area contributed by atoms with E-state index in [-0.39, 0.29) is 15.9 Å². The van der Waals surface area contributed by atoms with Crippen LogP contribution in [0.5, 0.6) is 0 Å². The third-order valence-corrected chi connectivity index (χ3v) is 2.88. The lowest BCUT2D eigenvalue weighted by molar-refractivity contribution is 0.0993. The Hall–Kier alpha value is -0.310. The first kappa shape index (κ1) is 11.8. The van der Waals surface area contributed by atoms with Crippen LogP contribution in [0.3, 0.4) is 0 Å². The highest BCUT2D eigenvalue weighted by molar-refractivity contribution is 14.1. The Kier molecular flexibility index (Phi) is 3.76. The highest BCUT2D eigenvalue weighted by Gasteiger charge is 2.17. The molecule has 1 heterocycles. The normalized spacial score (nSPS) is 10.6. The number of nitrogens with zero attached hydrogens (tertiary/aromatic N) is 1. The van der Waals surface area contributed by atoms with Crippen LogP contribution in [0.4, 0.5) is 8.78 Å². The zero-order chi connectivity index (χ0) is 10.9. The molecule has 0 radical (unpaired) electrons. The summed E-state index contributed by atoms with van der Waals surface area (Å²) in [6.07, 6.45) is -2.63. The van der Waals surface area contributed by atoms with Gasteiger partial charge in [0, 0.05) is 3.57 Å². The molecule has 2 N–H and O–H groups in total. The van der Waals surface area contributed by atoms with E-state index in [2.05, 4.69) is 20.9 Å². The standard InChI is InChI=1S/C7H4BrF2IN2O/c8-5-2(6(9)10)1-3(11)4(13-5)7(12)14/h1,6H,(H2,12,14). The number of hydrogen-bond acceptors (Lipinski definition) is 2. The van der Waals surface area contributed by atoms with Crippen LogP contribution in [0, 0.1) is 3.57 Å². The van der Waals surface area contributed by atoms with E-state index in [9.17, 15) is 13.6 Å². The summed E-state index contributed by atoms with van der Waals surface area (Å²) in [7, 11) is 0. The molecule has 1 aromatic heterocycles. The van der Waals surface area contributed by atoms with Gasteiger partial charge in [0.1, 0.15) is 10.3 Å². The van der Waals surface area contributed by atoms with Gasteiger partial charge in [0.25, 0.3) is 12.3 Å². The summed E-state index contributed by atoms with van der Waals surface area (Å²) in [6.45, 7) is 0. The zero-order valence-corrected chi connectivity index (χ0v) is 10.3. The first-order valence-electron chi connectivity index (χ1n) is 3.37. The molecule has 14 heavy (non-hydrogen) atoms. The number of carbonyl (C=O) groups is 1. The fourth-order valence-electron chi connectivity index (χ4n) is 0.806. The number of amides is 1. The number of primary amides is 1. The van der Waals surface area contributed by atoms with Crippen molar-refractivity contribution in [2.24, 2.45) is 5.73 Å². The third-order valence-electron chi connectivity index (χ3n) is 1.43. The molecule has 0 bridgehead atoms. The second-order valence-corrected chi connectivity index (χ2v) is 4.28. The van der Waals surface area contributed by atoms with Crippen molar-refractivity contribution in [3.05, 3.63) is 25.5 Å². The fourth-order valence-corrected chi connectivity index (χ4v) is 1.99. The molecule has 0 aliphatic rings. The number of rotatable bonds is 2. The Bertz CT molecular complexity index is 386. The van der Waals surface area contributed by atoms with Crippen molar-refractivity contribution in [3.63, 3.8) is 0 Å². The van der Waals surface area contributed by atoms with E-state index in [1.165, 1.54) is 6.07 Å². The number of hydrogen-bond donors (Lipinski definition) is 1. The van der Waals surface area contributed by atoms with E-state index in [0.717, 1.165) is 0 Å². The van der Waals surface area contributed by atoms with Crippen molar-refractivity contribution in [2.45, 2.75) is 6.43 Å². The summed E-state index contributed by atoms with van der Waals surface area (Å²) in [5, 5.41) is 0. The Morgan fingerprint density at radius 2 is 2.21 bits per heavy atom. The molecule has 0 saturated heterocycles. The summed E-state index contributed by atoms with van der Waals surface area (Å²) in [4.78, 5) is 14.4. The Labute approximate surface area is 100 Å². The monoisotopic (exact) mass is 376 g/mol. The lowest BCUT2D eigenvalue weighted by Gasteiger charge is -2.05. The summed E-state index contributed by atoms with van der Waals surface area (Å²) in [5.41, 5.74) is 4.73. The minimum Gasteiger partial charge on any atom is -0.364 e. The van der Waals surface area contributed by atoms with Gasteiger partial charge in [-0.15, -0.1) is 0 Å². The van der Waals surface area contributed by atoms with Gasteiger partial charge in [-0.3, -0.25) is 4.79 Å². The summed E-state index contributed by atoms with van der Waals surface area (Å²) in [5.74, 6) is -0.740. The van der Waals surface area contributed by atoms with E-state index in [1.54, 1.807) is 22.6 Å². The van der Waals surface area contributed by atoms with Crippen molar-refractivity contribution in [1.29, 1.82) is 0 Å². The van der Waals surface area contributed by atoms with Crippen LogP contribution in [0.15, 0.2) is 10.7 Å². The number of halogens is 4. The topological polar surface area (TPSA) is 56.0 Å². The molecule has 1 amide bonds. The van der Waals surface area contributed by atoms with Gasteiger partial charge in [0.05, 0.1) is 5.56 Å². The minimum atomic E-state index is -2.63. The molecule has 0 aliphatic heterocycles. The van der Waals surface area contributed by atoms with Crippen molar-refractivity contribution < 1.29 is 13.6 Å². The van der Waals surface area contributed by atoms with Crippen LogP contribution in [0.2, 0.25) is 0 Å². The van der Waals surface area contributed by atoms with Gasteiger partial charge < -0.3 is 5.73 Å². The van der Waals surface area contributed by atoms with Crippen LogP contribution in [0.1, 0.15) is 22.5 Å². The Morgan fingerprint density at radius 3 is 2.64 bits per heavy atom. The highest BCUT2D eigenvalue weighted by Crippen LogP contribution is 2.28. The molecule has 0 unspecified atom stereocenters. The predicted octanol–water partition coefficient (Wildman–Crippen LogP) is 2.49. The van der Waals surface area contributed by atoms with Crippen molar-refractivity contribution >= 4 is 44.4 Å². The average Bonchev–Trinajstić information content (AvgIpc) is 2.07. The van der Waals surface area contributed by atoms with Gasteiger partial charge in [0.2, 0.25) is 0 Å². The molecule has 0 aromatic carbocycles. The lowest BCUT2D eigenvalue weighted by atomic mass is 10.2. The molecule has 3 nitrogen and oxygen atoms in total. The second-order valence-electron chi connectivity index (χ2n) is 2.36. The van der Waals surface area contributed by atoms with Gasteiger partial charge in [-0.05, 0) is 44.6 Å².